The third kappa shape index (κ3) is 2.43. The SMILES string of the molecule is CCCNC(c1ccc(F)c(C)c1)C1C2CCCC21. The fourth-order valence-corrected chi connectivity index (χ4v) is 4.01. The van der Waals surface area contributed by atoms with Crippen LogP contribution in [0.1, 0.15) is 49.8 Å². The Balaban J connectivity index is 1.80. The van der Waals surface area contributed by atoms with Gasteiger partial charge in [-0.1, -0.05) is 25.5 Å². The Morgan fingerprint density at radius 3 is 2.68 bits per heavy atom. The van der Waals surface area contributed by atoms with E-state index in [4.69, 9.17) is 0 Å². The molecule has 0 spiro atoms. The zero-order valence-electron chi connectivity index (χ0n) is 12.0. The Hall–Kier alpha value is -0.890. The highest BCUT2D eigenvalue weighted by Gasteiger charge is 2.55. The Morgan fingerprint density at radius 1 is 1.32 bits per heavy atom. The molecule has 0 bridgehead atoms. The van der Waals surface area contributed by atoms with Crippen LogP contribution in [0.5, 0.6) is 0 Å². The quantitative estimate of drug-likeness (QED) is 0.836. The van der Waals surface area contributed by atoms with Gasteiger partial charge in [-0.2, -0.15) is 0 Å². The van der Waals surface area contributed by atoms with Crippen molar-refractivity contribution in [2.75, 3.05) is 6.54 Å². The van der Waals surface area contributed by atoms with E-state index < -0.39 is 0 Å². The van der Waals surface area contributed by atoms with Crippen molar-refractivity contribution in [2.45, 2.75) is 45.6 Å². The van der Waals surface area contributed by atoms with Gasteiger partial charge in [0.25, 0.3) is 0 Å². The van der Waals surface area contributed by atoms with Gasteiger partial charge in [-0.25, -0.2) is 4.39 Å². The fourth-order valence-electron chi connectivity index (χ4n) is 4.01. The van der Waals surface area contributed by atoms with Crippen molar-refractivity contribution in [2.24, 2.45) is 17.8 Å². The maximum atomic E-state index is 13.4. The minimum atomic E-state index is -0.0889. The van der Waals surface area contributed by atoms with Crippen LogP contribution in [0.4, 0.5) is 4.39 Å². The lowest BCUT2D eigenvalue weighted by Crippen LogP contribution is -2.25. The van der Waals surface area contributed by atoms with Crippen molar-refractivity contribution < 1.29 is 4.39 Å². The molecule has 2 fully saturated rings. The molecule has 0 amide bonds. The normalized spacial score (nSPS) is 30.2. The van der Waals surface area contributed by atoms with E-state index in [1.165, 1.54) is 24.8 Å². The van der Waals surface area contributed by atoms with E-state index in [1.807, 2.05) is 19.1 Å². The average molecular weight is 261 g/mol. The molecule has 2 aliphatic carbocycles. The second kappa shape index (κ2) is 5.24. The van der Waals surface area contributed by atoms with E-state index in [-0.39, 0.29) is 5.82 Å². The summed E-state index contributed by atoms with van der Waals surface area (Å²) in [7, 11) is 0. The van der Waals surface area contributed by atoms with Crippen molar-refractivity contribution in [1.29, 1.82) is 0 Å². The smallest absolute Gasteiger partial charge is 0.126 e. The van der Waals surface area contributed by atoms with E-state index in [0.717, 1.165) is 36.3 Å². The molecule has 0 aromatic heterocycles. The lowest BCUT2D eigenvalue weighted by Gasteiger charge is -2.21. The van der Waals surface area contributed by atoms with Gasteiger partial charge in [0.15, 0.2) is 0 Å². The fraction of sp³-hybridized carbons (Fsp3) is 0.647. The predicted molar refractivity (Wildman–Crippen MR) is 76.5 cm³/mol. The number of hydrogen-bond donors (Lipinski definition) is 1. The summed E-state index contributed by atoms with van der Waals surface area (Å²) in [5.74, 6) is 2.57. The first-order valence-electron chi connectivity index (χ1n) is 7.71. The average Bonchev–Trinajstić information content (AvgIpc) is 2.86. The van der Waals surface area contributed by atoms with E-state index in [2.05, 4.69) is 12.2 Å². The predicted octanol–water partition coefficient (Wildman–Crippen LogP) is 4.22. The van der Waals surface area contributed by atoms with Crippen LogP contribution < -0.4 is 5.32 Å². The molecular weight excluding hydrogens is 237 g/mol. The number of hydrogen-bond acceptors (Lipinski definition) is 1. The van der Waals surface area contributed by atoms with Gasteiger partial charge in [0.05, 0.1) is 0 Å². The molecule has 0 aliphatic heterocycles. The van der Waals surface area contributed by atoms with Crippen LogP contribution in [0.2, 0.25) is 0 Å². The van der Waals surface area contributed by atoms with E-state index in [9.17, 15) is 4.39 Å². The highest BCUT2D eigenvalue weighted by Crippen LogP contribution is 2.62. The third-order valence-electron chi connectivity index (χ3n) is 5.01. The summed E-state index contributed by atoms with van der Waals surface area (Å²) in [6.07, 6.45) is 5.37. The minimum Gasteiger partial charge on any atom is -0.310 e. The first kappa shape index (κ1) is 13.1. The maximum absolute atomic E-state index is 13.4. The molecule has 0 radical (unpaired) electrons. The van der Waals surface area contributed by atoms with Gasteiger partial charge in [-0.15, -0.1) is 0 Å². The number of aryl methyl sites for hydroxylation is 1. The minimum absolute atomic E-state index is 0.0889. The van der Waals surface area contributed by atoms with Crippen molar-refractivity contribution in [1.82, 2.24) is 5.32 Å². The van der Waals surface area contributed by atoms with Gasteiger partial charge < -0.3 is 5.32 Å². The molecule has 0 saturated heterocycles. The van der Waals surface area contributed by atoms with E-state index in [1.54, 1.807) is 6.07 Å². The summed E-state index contributed by atoms with van der Waals surface area (Å²) in [5, 5.41) is 3.70. The number of nitrogens with one attached hydrogen (secondary N) is 1. The van der Waals surface area contributed by atoms with Gasteiger partial charge in [-0.3, -0.25) is 0 Å². The lowest BCUT2D eigenvalue weighted by molar-refractivity contribution is 0.417. The molecule has 3 rings (SSSR count). The number of rotatable bonds is 5. The number of halogens is 1. The summed E-state index contributed by atoms with van der Waals surface area (Å²) in [4.78, 5) is 0. The van der Waals surface area contributed by atoms with Crippen LogP contribution in [-0.2, 0) is 0 Å². The van der Waals surface area contributed by atoms with E-state index >= 15 is 0 Å². The van der Waals surface area contributed by atoms with E-state index in [0.29, 0.717) is 6.04 Å². The standard InChI is InChI=1S/C17H24FN/c1-3-9-19-17(16-13-5-4-6-14(13)16)12-7-8-15(18)11(2)10-12/h7-8,10,13-14,16-17,19H,3-6,9H2,1-2H3. The highest BCUT2D eigenvalue weighted by atomic mass is 19.1. The van der Waals surface area contributed by atoms with Crippen LogP contribution in [-0.4, -0.2) is 6.54 Å². The summed E-state index contributed by atoms with van der Waals surface area (Å²) in [6, 6.07) is 6.08. The van der Waals surface area contributed by atoms with Crippen LogP contribution in [0.15, 0.2) is 18.2 Å². The Morgan fingerprint density at radius 2 is 2.05 bits per heavy atom. The second-order valence-corrected chi connectivity index (χ2v) is 6.28. The highest BCUT2D eigenvalue weighted by molar-refractivity contribution is 5.29. The molecule has 19 heavy (non-hydrogen) atoms. The van der Waals surface area contributed by atoms with Gasteiger partial charge in [-0.05, 0) is 67.7 Å². The molecule has 1 nitrogen and oxygen atoms in total. The van der Waals surface area contributed by atoms with Crippen molar-refractivity contribution in [3.05, 3.63) is 35.1 Å². The largest absolute Gasteiger partial charge is 0.310 e. The topological polar surface area (TPSA) is 12.0 Å². The molecule has 3 atom stereocenters. The van der Waals surface area contributed by atoms with Crippen LogP contribution in [0.3, 0.4) is 0 Å². The zero-order valence-corrected chi connectivity index (χ0v) is 12.0. The zero-order chi connectivity index (χ0) is 13.4. The van der Waals surface area contributed by atoms with Gasteiger partial charge in [0.2, 0.25) is 0 Å². The Bertz CT molecular complexity index is 447. The van der Waals surface area contributed by atoms with Crippen LogP contribution in [0.25, 0.3) is 0 Å². The molecule has 3 unspecified atom stereocenters. The molecule has 1 aromatic carbocycles. The first-order valence-corrected chi connectivity index (χ1v) is 7.71. The molecule has 0 heterocycles. The van der Waals surface area contributed by atoms with Gasteiger partial charge in [0.1, 0.15) is 5.82 Å². The Kier molecular flexibility index (Phi) is 3.62. The molecular formula is C17H24FN. The van der Waals surface area contributed by atoms with Crippen LogP contribution >= 0.6 is 0 Å². The monoisotopic (exact) mass is 261 g/mol. The Labute approximate surface area is 115 Å². The number of benzene rings is 1. The van der Waals surface area contributed by atoms with Gasteiger partial charge >= 0.3 is 0 Å². The molecule has 104 valence electrons. The third-order valence-corrected chi connectivity index (χ3v) is 5.01. The number of fused-ring (bicyclic) bond motifs is 1. The molecule has 2 heteroatoms. The van der Waals surface area contributed by atoms with Crippen molar-refractivity contribution >= 4 is 0 Å². The first-order chi connectivity index (χ1) is 9.22. The van der Waals surface area contributed by atoms with Crippen LogP contribution in [0, 0.1) is 30.5 Å². The lowest BCUT2D eigenvalue weighted by atomic mass is 9.95. The summed E-state index contributed by atoms with van der Waals surface area (Å²) in [5.41, 5.74) is 2.05. The molecule has 2 saturated carbocycles. The summed E-state index contributed by atoms with van der Waals surface area (Å²) in [6.45, 7) is 5.12. The van der Waals surface area contributed by atoms with Crippen molar-refractivity contribution in [3.8, 4) is 0 Å². The molecule has 1 N–H and O–H groups in total. The summed E-state index contributed by atoms with van der Waals surface area (Å²) < 4.78 is 13.4. The summed E-state index contributed by atoms with van der Waals surface area (Å²) >= 11 is 0. The molecule has 2 aliphatic rings. The maximum Gasteiger partial charge on any atom is 0.126 e. The van der Waals surface area contributed by atoms with Crippen molar-refractivity contribution in [3.63, 3.8) is 0 Å². The second-order valence-electron chi connectivity index (χ2n) is 6.28. The van der Waals surface area contributed by atoms with Gasteiger partial charge in [0, 0.05) is 6.04 Å². The molecule has 1 aromatic rings.